The van der Waals surface area contributed by atoms with Gasteiger partial charge >= 0.3 is 0 Å². The first kappa shape index (κ1) is 18.5. The number of ether oxygens (including phenoxy) is 1. The van der Waals surface area contributed by atoms with E-state index >= 15 is 0 Å². The second-order valence-electron chi connectivity index (χ2n) is 6.39. The fourth-order valence-electron chi connectivity index (χ4n) is 3.40. The van der Waals surface area contributed by atoms with Gasteiger partial charge in [-0.15, -0.1) is 0 Å². The topological polar surface area (TPSA) is 80.6 Å². The molecule has 1 atom stereocenters. The summed E-state index contributed by atoms with van der Waals surface area (Å²) in [6.45, 7) is 6.29. The van der Waals surface area contributed by atoms with Crippen molar-refractivity contribution >= 4 is 21.6 Å². The van der Waals surface area contributed by atoms with Crippen molar-refractivity contribution in [3.05, 3.63) is 41.7 Å². The summed E-state index contributed by atoms with van der Waals surface area (Å²) in [6, 6.07) is 8.21. The Morgan fingerprint density at radius 2 is 1.96 bits per heavy atom. The molecular formula is C18H23N3O4S. The van der Waals surface area contributed by atoms with Crippen molar-refractivity contribution in [2.45, 2.75) is 38.3 Å². The third-order valence-electron chi connectivity index (χ3n) is 4.72. The molecule has 1 aromatic heterocycles. The van der Waals surface area contributed by atoms with E-state index in [0.717, 1.165) is 11.4 Å². The Bertz CT molecular complexity index is 949. The average Bonchev–Trinajstić information content (AvgIpc) is 2.96. The van der Waals surface area contributed by atoms with E-state index in [2.05, 4.69) is 9.88 Å². The molecule has 26 heavy (non-hydrogen) atoms. The van der Waals surface area contributed by atoms with E-state index < -0.39 is 10.0 Å². The van der Waals surface area contributed by atoms with Crippen molar-refractivity contribution in [3.8, 4) is 5.75 Å². The predicted molar refractivity (Wildman–Crippen MR) is 98.8 cm³/mol. The normalized spacial score (nSPS) is 17.6. The minimum atomic E-state index is -3.71. The van der Waals surface area contributed by atoms with E-state index in [-0.39, 0.29) is 16.8 Å². The molecule has 1 N–H and O–H groups in total. The molecule has 1 aromatic carbocycles. The van der Waals surface area contributed by atoms with Crippen molar-refractivity contribution in [2.24, 2.45) is 0 Å². The Morgan fingerprint density at radius 1 is 1.23 bits per heavy atom. The maximum atomic E-state index is 13.2. The second kappa shape index (κ2) is 6.77. The highest BCUT2D eigenvalue weighted by Gasteiger charge is 2.34. The van der Waals surface area contributed by atoms with Crippen LogP contribution >= 0.6 is 0 Å². The highest BCUT2D eigenvalue weighted by Crippen LogP contribution is 2.34. The van der Waals surface area contributed by atoms with Gasteiger partial charge in [0.1, 0.15) is 5.75 Å². The van der Waals surface area contributed by atoms with Gasteiger partial charge in [-0.2, -0.15) is 4.31 Å². The van der Waals surface area contributed by atoms with Gasteiger partial charge in [0.15, 0.2) is 0 Å². The fourth-order valence-corrected chi connectivity index (χ4v) is 5.02. The van der Waals surface area contributed by atoms with Gasteiger partial charge in [-0.3, -0.25) is 4.79 Å². The Kier molecular flexibility index (Phi) is 4.81. The number of fused-ring (bicyclic) bond motifs is 1. The SMILES string of the molecule is COc1ccc(S(=O)(=O)N2CCn3c(C)ccc3[C@H]2C)cc1NC(C)=O. The molecule has 0 radical (unpaired) electrons. The molecule has 140 valence electrons. The average molecular weight is 377 g/mol. The molecule has 2 aromatic rings. The van der Waals surface area contributed by atoms with Crippen molar-refractivity contribution in [2.75, 3.05) is 19.0 Å². The number of carbonyl (C=O) groups excluding carboxylic acids is 1. The lowest BCUT2D eigenvalue weighted by molar-refractivity contribution is -0.114. The first-order chi connectivity index (χ1) is 12.3. The molecule has 0 fully saturated rings. The molecule has 0 saturated heterocycles. The molecule has 3 rings (SSSR count). The van der Waals surface area contributed by atoms with Gasteiger partial charge in [0.2, 0.25) is 15.9 Å². The van der Waals surface area contributed by atoms with Crippen LogP contribution in [-0.2, 0) is 21.4 Å². The molecule has 0 unspecified atom stereocenters. The van der Waals surface area contributed by atoms with Gasteiger partial charge in [-0.1, -0.05) is 0 Å². The van der Waals surface area contributed by atoms with Crippen LogP contribution in [-0.4, -0.2) is 36.9 Å². The lowest BCUT2D eigenvalue weighted by atomic mass is 10.2. The van der Waals surface area contributed by atoms with Crippen LogP contribution in [0.5, 0.6) is 5.75 Å². The van der Waals surface area contributed by atoms with Gasteiger partial charge in [0.05, 0.1) is 23.7 Å². The summed E-state index contributed by atoms with van der Waals surface area (Å²) in [5.41, 5.74) is 2.44. The van der Waals surface area contributed by atoms with Gasteiger partial charge in [-0.25, -0.2) is 8.42 Å². The number of amides is 1. The highest BCUT2D eigenvalue weighted by molar-refractivity contribution is 7.89. The Balaban J connectivity index is 1.99. The Hall–Kier alpha value is -2.32. The quantitative estimate of drug-likeness (QED) is 0.888. The number of hydrogen-bond acceptors (Lipinski definition) is 4. The smallest absolute Gasteiger partial charge is 0.243 e. The number of rotatable bonds is 4. The summed E-state index contributed by atoms with van der Waals surface area (Å²) in [5.74, 6) is 0.118. The van der Waals surface area contributed by atoms with Crippen molar-refractivity contribution in [1.29, 1.82) is 0 Å². The van der Waals surface area contributed by atoms with Crippen LogP contribution in [0.15, 0.2) is 35.2 Å². The van der Waals surface area contributed by atoms with E-state index in [0.29, 0.717) is 24.5 Å². The molecule has 0 saturated carbocycles. The van der Waals surface area contributed by atoms with Crippen LogP contribution in [0.3, 0.4) is 0 Å². The summed E-state index contributed by atoms with van der Waals surface area (Å²) in [5, 5.41) is 2.62. The number of anilines is 1. The number of nitrogens with zero attached hydrogens (tertiary/aromatic N) is 2. The number of hydrogen-bond donors (Lipinski definition) is 1. The number of sulfonamides is 1. The largest absolute Gasteiger partial charge is 0.495 e. The van der Waals surface area contributed by atoms with E-state index in [1.54, 1.807) is 6.07 Å². The molecular weight excluding hydrogens is 354 g/mol. The molecule has 8 heteroatoms. The van der Waals surface area contributed by atoms with Crippen LogP contribution in [0.25, 0.3) is 0 Å². The molecule has 7 nitrogen and oxygen atoms in total. The lowest BCUT2D eigenvalue weighted by Crippen LogP contribution is -2.41. The highest BCUT2D eigenvalue weighted by atomic mass is 32.2. The molecule has 0 aliphatic carbocycles. The Morgan fingerprint density at radius 3 is 2.62 bits per heavy atom. The minimum Gasteiger partial charge on any atom is -0.495 e. The van der Waals surface area contributed by atoms with Crippen molar-refractivity contribution < 1.29 is 17.9 Å². The van der Waals surface area contributed by atoms with Gasteiger partial charge in [0, 0.05) is 31.4 Å². The molecule has 2 heterocycles. The summed E-state index contributed by atoms with van der Waals surface area (Å²) < 4.78 is 35.3. The zero-order valence-corrected chi connectivity index (χ0v) is 16.1. The summed E-state index contributed by atoms with van der Waals surface area (Å²) in [4.78, 5) is 11.5. The van der Waals surface area contributed by atoms with Crippen LogP contribution < -0.4 is 10.1 Å². The second-order valence-corrected chi connectivity index (χ2v) is 8.28. The maximum absolute atomic E-state index is 13.2. The molecule has 1 aliphatic rings. The number of methoxy groups -OCH3 is 1. The number of nitrogens with one attached hydrogen (secondary N) is 1. The third kappa shape index (κ3) is 3.10. The number of carbonyl (C=O) groups is 1. The first-order valence-electron chi connectivity index (χ1n) is 8.39. The lowest BCUT2D eigenvalue weighted by Gasteiger charge is -2.34. The van der Waals surface area contributed by atoms with Crippen LogP contribution in [0.2, 0.25) is 0 Å². The van der Waals surface area contributed by atoms with Crippen molar-refractivity contribution in [3.63, 3.8) is 0 Å². The monoisotopic (exact) mass is 377 g/mol. The number of aryl methyl sites for hydroxylation is 1. The van der Waals surface area contributed by atoms with Crippen LogP contribution in [0.1, 0.15) is 31.3 Å². The van der Waals surface area contributed by atoms with E-state index in [4.69, 9.17) is 4.74 Å². The molecule has 1 aliphatic heterocycles. The van der Waals surface area contributed by atoms with Crippen molar-refractivity contribution in [1.82, 2.24) is 8.87 Å². The summed E-state index contributed by atoms with van der Waals surface area (Å²) in [7, 11) is -2.24. The predicted octanol–water partition coefficient (Wildman–Crippen LogP) is 2.53. The van der Waals surface area contributed by atoms with Gasteiger partial charge < -0.3 is 14.6 Å². The minimum absolute atomic E-state index is 0.130. The van der Waals surface area contributed by atoms with E-state index in [9.17, 15) is 13.2 Å². The number of benzene rings is 1. The molecule has 0 spiro atoms. The van der Waals surface area contributed by atoms with E-state index in [1.807, 2.05) is 26.0 Å². The maximum Gasteiger partial charge on any atom is 0.243 e. The zero-order chi connectivity index (χ0) is 19.1. The van der Waals surface area contributed by atoms with E-state index in [1.165, 1.54) is 30.5 Å². The fraction of sp³-hybridized carbons (Fsp3) is 0.389. The van der Waals surface area contributed by atoms with Crippen LogP contribution in [0.4, 0.5) is 5.69 Å². The number of aromatic nitrogens is 1. The molecule has 1 amide bonds. The Labute approximate surface area is 153 Å². The third-order valence-corrected chi connectivity index (χ3v) is 6.69. The standard InChI is InChI=1S/C18H23N3O4S/c1-12-5-7-17-13(2)21(10-9-20(12)17)26(23,24)15-6-8-18(25-4)16(11-15)19-14(3)22/h5-8,11,13H,9-10H2,1-4H3,(H,19,22)/t13-/m1/s1. The van der Waals surface area contributed by atoms with Gasteiger partial charge in [0.25, 0.3) is 0 Å². The van der Waals surface area contributed by atoms with Gasteiger partial charge in [-0.05, 0) is 44.2 Å². The first-order valence-corrected chi connectivity index (χ1v) is 9.83. The summed E-state index contributed by atoms with van der Waals surface area (Å²) >= 11 is 0. The zero-order valence-electron chi connectivity index (χ0n) is 15.3. The summed E-state index contributed by atoms with van der Waals surface area (Å²) in [6.07, 6.45) is 0. The van der Waals surface area contributed by atoms with Crippen LogP contribution in [0, 0.1) is 6.92 Å². The molecule has 0 bridgehead atoms.